The molecule has 2 heterocycles. The van der Waals surface area contributed by atoms with Crippen molar-refractivity contribution in [3.8, 4) is 11.8 Å². The molecular formula is C25H23N3O4. The van der Waals surface area contributed by atoms with E-state index in [1.807, 2.05) is 18.2 Å². The summed E-state index contributed by atoms with van der Waals surface area (Å²) in [5.74, 6) is 1.31. The third kappa shape index (κ3) is 4.65. The van der Waals surface area contributed by atoms with Crippen LogP contribution in [-0.2, 0) is 6.61 Å². The minimum Gasteiger partial charge on any atom is -0.488 e. The molecule has 1 aliphatic heterocycles. The summed E-state index contributed by atoms with van der Waals surface area (Å²) in [5, 5.41) is 9.19. The molecule has 0 unspecified atom stereocenters. The number of nitriles is 1. The molecular weight excluding hydrogens is 406 g/mol. The van der Waals surface area contributed by atoms with E-state index in [4.69, 9.17) is 9.15 Å². The average Bonchev–Trinajstić information content (AvgIpc) is 3.28. The molecule has 1 fully saturated rings. The van der Waals surface area contributed by atoms with Gasteiger partial charge in [-0.25, -0.2) is 0 Å². The van der Waals surface area contributed by atoms with Gasteiger partial charge in [-0.15, -0.1) is 0 Å². The van der Waals surface area contributed by atoms with Crippen LogP contribution >= 0.6 is 0 Å². The number of rotatable bonds is 5. The molecule has 162 valence electrons. The third-order valence-electron chi connectivity index (χ3n) is 5.38. The second kappa shape index (κ2) is 9.40. The standard InChI is InChI=1S/C25H23N3O4/c1-18-9-10-23(32-18)25(30)28-13-11-27(12-14-28)24(29)20-7-4-5-19(15-20)17-31-22-8-3-2-6-21(22)16-26/h2-10,15H,11-14,17H2,1H3. The van der Waals surface area contributed by atoms with Gasteiger partial charge in [-0.2, -0.15) is 5.26 Å². The van der Waals surface area contributed by atoms with Crippen molar-refractivity contribution in [2.45, 2.75) is 13.5 Å². The van der Waals surface area contributed by atoms with Gasteiger partial charge in [0.2, 0.25) is 0 Å². The molecule has 0 bridgehead atoms. The molecule has 7 heteroatoms. The topological polar surface area (TPSA) is 86.8 Å². The Hall–Kier alpha value is -4.05. The smallest absolute Gasteiger partial charge is 0.289 e. The van der Waals surface area contributed by atoms with E-state index in [-0.39, 0.29) is 18.4 Å². The van der Waals surface area contributed by atoms with E-state index in [2.05, 4.69) is 6.07 Å². The molecule has 2 amide bonds. The van der Waals surface area contributed by atoms with Crippen LogP contribution in [0.2, 0.25) is 0 Å². The summed E-state index contributed by atoms with van der Waals surface area (Å²) in [4.78, 5) is 29.0. The molecule has 0 aliphatic carbocycles. The van der Waals surface area contributed by atoms with Crippen LogP contribution in [0.25, 0.3) is 0 Å². The number of benzene rings is 2. The van der Waals surface area contributed by atoms with Gasteiger partial charge in [0.1, 0.15) is 24.2 Å². The normalized spacial score (nSPS) is 13.5. The number of hydrogen-bond acceptors (Lipinski definition) is 5. The maximum atomic E-state index is 13.0. The fourth-order valence-electron chi connectivity index (χ4n) is 3.64. The van der Waals surface area contributed by atoms with Crippen molar-refractivity contribution in [3.05, 3.63) is 88.9 Å². The van der Waals surface area contributed by atoms with Crippen LogP contribution in [0, 0.1) is 18.3 Å². The van der Waals surface area contributed by atoms with Gasteiger partial charge in [0, 0.05) is 31.7 Å². The van der Waals surface area contributed by atoms with Gasteiger partial charge in [-0.3, -0.25) is 9.59 Å². The Morgan fingerprint density at radius 2 is 1.69 bits per heavy atom. The lowest BCUT2D eigenvalue weighted by Crippen LogP contribution is -2.50. The Morgan fingerprint density at radius 1 is 0.969 bits per heavy atom. The second-order valence-corrected chi connectivity index (χ2v) is 7.59. The van der Waals surface area contributed by atoms with Gasteiger partial charge in [-0.1, -0.05) is 24.3 Å². The van der Waals surface area contributed by atoms with Crippen LogP contribution in [0.1, 0.15) is 37.8 Å². The minimum atomic E-state index is -0.151. The van der Waals surface area contributed by atoms with Gasteiger partial charge in [0.25, 0.3) is 11.8 Å². The third-order valence-corrected chi connectivity index (χ3v) is 5.38. The zero-order valence-electron chi connectivity index (χ0n) is 17.8. The molecule has 3 aromatic rings. The summed E-state index contributed by atoms with van der Waals surface area (Å²) < 4.78 is 11.2. The lowest BCUT2D eigenvalue weighted by atomic mass is 10.1. The number of furan rings is 1. The first-order chi connectivity index (χ1) is 15.5. The van der Waals surface area contributed by atoms with E-state index in [1.54, 1.807) is 59.2 Å². The van der Waals surface area contributed by atoms with Gasteiger partial charge in [0.05, 0.1) is 5.56 Å². The number of para-hydroxylation sites is 1. The summed E-state index contributed by atoms with van der Waals surface area (Å²) in [6.07, 6.45) is 0. The monoisotopic (exact) mass is 429 g/mol. The van der Waals surface area contributed by atoms with Crippen LogP contribution in [0.15, 0.2) is 65.1 Å². The number of piperazine rings is 1. The first kappa shape index (κ1) is 21.2. The molecule has 1 aliphatic rings. The largest absolute Gasteiger partial charge is 0.488 e. The summed E-state index contributed by atoms with van der Waals surface area (Å²) in [6.45, 7) is 3.89. The lowest BCUT2D eigenvalue weighted by molar-refractivity contribution is 0.0517. The highest BCUT2D eigenvalue weighted by Crippen LogP contribution is 2.19. The Labute approximate surface area is 186 Å². The van der Waals surface area contributed by atoms with Crippen molar-refractivity contribution in [2.24, 2.45) is 0 Å². The number of hydrogen-bond donors (Lipinski definition) is 0. The summed E-state index contributed by atoms with van der Waals surface area (Å²) in [6, 6.07) is 19.9. The number of carbonyl (C=O) groups excluding carboxylic acids is 2. The van der Waals surface area contributed by atoms with E-state index in [0.29, 0.717) is 54.6 Å². The van der Waals surface area contributed by atoms with Gasteiger partial charge in [-0.05, 0) is 48.9 Å². The van der Waals surface area contributed by atoms with Crippen molar-refractivity contribution in [1.29, 1.82) is 5.26 Å². The molecule has 7 nitrogen and oxygen atoms in total. The predicted octanol–water partition coefficient (Wildman–Crippen LogP) is 3.64. The molecule has 4 rings (SSSR count). The highest BCUT2D eigenvalue weighted by Gasteiger charge is 2.27. The minimum absolute atomic E-state index is 0.0785. The van der Waals surface area contributed by atoms with Crippen LogP contribution in [0.4, 0.5) is 0 Å². The average molecular weight is 429 g/mol. The number of nitrogens with zero attached hydrogens (tertiary/aromatic N) is 3. The molecule has 0 spiro atoms. The Morgan fingerprint density at radius 3 is 2.38 bits per heavy atom. The van der Waals surface area contributed by atoms with Crippen LogP contribution in [0.5, 0.6) is 5.75 Å². The van der Waals surface area contributed by atoms with E-state index in [9.17, 15) is 14.9 Å². The van der Waals surface area contributed by atoms with Crippen LogP contribution in [-0.4, -0.2) is 47.8 Å². The first-order valence-electron chi connectivity index (χ1n) is 10.4. The zero-order chi connectivity index (χ0) is 22.5. The van der Waals surface area contributed by atoms with Crippen molar-refractivity contribution in [3.63, 3.8) is 0 Å². The fraction of sp³-hybridized carbons (Fsp3) is 0.240. The Kier molecular flexibility index (Phi) is 6.22. The number of amides is 2. The summed E-state index contributed by atoms with van der Waals surface area (Å²) in [7, 11) is 0. The molecule has 0 atom stereocenters. The molecule has 1 saturated heterocycles. The first-order valence-corrected chi connectivity index (χ1v) is 10.4. The van der Waals surface area contributed by atoms with Crippen LogP contribution in [0.3, 0.4) is 0 Å². The highest BCUT2D eigenvalue weighted by molar-refractivity contribution is 5.95. The number of carbonyl (C=O) groups is 2. The van der Waals surface area contributed by atoms with E-state index in [0.717, 1.165) is 5.56 Å². The van der Waals surface area contributed by atoms with Gasteiger partial charge < -0.3 is 19.0 Å². The Balaban J connectivity index is 1.36. The van der Waals surface area contributed by atoms with Gasteiger partial charge in [0.15, 0.2) is 5.76 Å². The highest BCUT2D eigenvalue weighted by atomic mass is 16.5. The van der Waals surface area contributed by atoms with Crippen LogP contribution < -0.4 is 4.74 Å². The Bertz CT molecular complexity index is 1170. The quantitative estimate of drug-likeness (QED) is 0.618. The maximum absolute atomic E-state index is 13.0. The summed E-state index contributed by atoms with van der Waals surface area (Å²) >= 11 is 0. The number of ether oxygens (including phenoxy) is 1. The number of aryl methyl sites for hydroxylation is 1. The van der Waals surface area contributed by atoms with E-state index >= 15 is 0 Å². The predicted molar refractivity (Wildman–Crippen MR) is 117 cm³/mol. The molecule has 2 aromatic carbocycles. The lowest BCUT2D eigenvalue weighted by Gasteiger charge is -2.34. The fourth-order valence-corrected chi connectivity index (χ4v) is 3.64. The molecule has 1 aromatic heterocycles. The van der Waals surface area contributed by atoms with E-state index in [1.165, 1.54) is 0 Å². The molecule has 0 saturated carbocycles. The maximum Gasteiger partial charge on any atom is 0.289 e. The van der Waals surface area contributed by atoms with Crippen molar-refractivity contribution >= 4 is 11.8 Å². The summed E-state index contributed by atoms with van der Waals surface area (Å²) in [5.41, 5.74) is 1.88. The van der Waals surface area contributed by atoms with Crippen molar-refractivity contribution in [1.82, 2.24) is 9.80 Å². The second-order valence-electron chi connectivity index (χ2n) is 7.59. The molecule has 0 radical (unpaired) electrons. The van der Waals surface area contributed by atoms with Gasteiger partial charge >= 0.3 is 0 Å². The van der Waals surface area contributed by atoms with E-state index < -0.39 is 0 Å². The SMILES string of the molecule is Cc1ccc(C(=O)N2CCN(C(=O)c3cccc(COc4ccccc4C#N)c3)CC2)o1. The zero-order valence-corrected chi connectivity index (χ0v) is 17.8. The van der Waals surface area contributed by atoms with Crippen molar-refractivity contribution in [2.75, 3.05) is 26.2 Å². The van der Waals surface area contributed by atoms with Crippen molar-refractivity contribution < 1.29 is 18.7 Å². The molecule has 32 heavy (non-hydrogen) atoms. The molecule has 0 N–H and O–H groups in total.